The minimum absolute atomic E-state index is 0.0744. The zero-order chi connectivity index (χ0) is 15.2. The first-order chi connectivity index (χ1) is 10.1. The average Bonchev–Trinajstić information content (AvgIpc) is 2.96. The maximum atomic E-state index is 12.5. The quantitative estimate of drug-likeness (QED) is 0.864. The van der Waals surface area contributed by atoms with E-state index >= 15 is 0 Å². The number of piperidine rings is 1. The largest absolute Gasteiger partial charge is 0.395 e. The van der Waals surface area contributed by atoms with Crippen LogP contribution in [-0.2, 0) is 0 Å². The third-order valence-electron chi connectivity index (χ3n) is 3.75. The van der Waals surface area contributed by atoms with E-state index in [0.29, 0.717) is 12.5 Å². The maximum absolute atomic E-state index is 12.5. The Kier molecular flexibility index (Phi) is 5.80. The molecule has 1 amide bonds. The van der Waals surface area contributed by atoms with Gasteiger partial charge < -0.3 is 14.9 Å². The van der Waals surface area contributed by atoms with Gasteiger partial charge in [-0.1, -0.05) is 11.8 Å². The first-order valence-corrected chi connectivity index (χ1v) is 8.08. The second-order valence-corrected chi connectivity index (χ2v) is 6.51. The molecule has 0 atom stereocenters. The van der Waals surface area contributed by atoms with Gasteiger partial charge in [0.25, 0.3) is 5.91 Å². The summed E-state index contributed by atoms with van der Waals surface area (Å²) in [4.78, 5) is 18.3. The number of hydrogen-bond donors (Lipinski definition) is 1. The molecule has 114 valence electrons. The van der Waals surface area contributed by atoms with Gasteiger partial charge in [0.15, 0.2) is 0 Å². The summed E-state index contributed by atoms with van der Waals surface area (Å²) in [6, 6.07) is 4.32. The van der Waals surface area contributed by atoms with Crippen LogP contribution in [0.25, 0.3) is 0 Å². The highest BCUT2D eigenvalue weighted by Crippen LogP contribution is 2.21. The Labute approximate surface area is 130 Å². The number of carbonyl (C=O) groups excluding carboxylic acids is 1. The summed E-state index contributed by atoms with van der Waals surface area (Å²) in [5.41, 5.74) is 0. The van der Waals surface area contributed by atoms with Crippen molar-refractivity contribution in [3.63, 3.8) is 0 Å². The van der Waals surface area contributed by atoms with Gasteiger partial charge >= 0.3 is 0 Å². The van der Waals surface area contributed by atoms with Crippen LogP contribution in [0.1, 0.15) is 33.8 Å². The smallest absolute Gasteiger partial charge is 0.263 e. The molecular formula is C16H22N2O2S. The second kappa shape index (κ2) is 7.60. The molecule has 1 aromatic rings. The van der Waals surface area contributed by atoms with E-state index in [1.165, 1.54) is 11.3 Å². The molecule has 1 N–H and O–H groups in total. The number of aliphatic hydroxyl groups excluding tert-OH is 1. The lowest BCUT2D eigenvalue weighted by atomic mass is 10.0. The summed E-state index contributed by atoms with van der Waals surface area (Å²) >= 11 is 1.44. The predicted octanol–water partition coefficient (Wildman–Crippen LogP) is 1.65. The van der Waals surface area contributed by atoms with Gasteiger partial charge in [-0.2, -0.15) is 0 Å². The van der Waals surface area contributed by atoms with E-state index in [1.807, 2.05) is 17.0 Å². The normalized spacial score (nSPS) is 15.9. The molecule has 0 radical (unpaired) electrons. The molecule has 1 aliphatic rings. The highest BCUT2D eigenvalue weighted by Gasteiger charge is 2.25. The van der Waals surface area contributed by atoms with Gasteiger partial charge in [0, 0.05) is 25.6 Å². The lowest BCUT2D eigenvalue weighted by Crippen LogP contribution is -2.44. The van der Waals surface area contributed by atoms with Crippen molar-refractivity contribution in [2.24, 2.45) is 0 Å². The lowest BCUT2D eigenvalue weighted by Gasteiger charge is -2.35. The van der Waals surface area contributed by atoms with Crippen molar-refractivity contribution in [2.45, 2.75) is 25.3 Å². The van der Waals surface area contributed by atoms with Crippen LogP contribution >= 0.6 is 11.3 Å². The number of aliphatic hydroxyl groups is 1. The topological polar surface area (TPSA) is 43.8 Å². The summed E-state index contributed by atoms with van der Waals surface area (Å²) in [5, 5.41) is 8.70. The first-order valence-electron chi connectivity index (χ1n) is 7.27. The van der Waals surface area contributed by atoms with Crippen molar-refractivity contribution in [2.75, 3.05) is 33.8 Å². The van der Waals surface area contributed by atoms with Crippen LogP contribution in [0.5, 0.6) is 0 Å². The molecule has 0 spiro atoms. The monoisotopic (exact) mass is 306 g/mol. The van der Waals surface area contributed by atoms with Gasteiger partial charge in [-0.3, -0.25) is 4.79 Å². The van der Waals surface area contributed by atoms with Gasteiger partial charge in [-0.15, -0.1) is 11.3 Å². The number of thiophene rings is 1. The molecular weight excluding hydrogens is 284 g/mol. The Balaban J connectivity index is 1.94. The molecule has 1 aromatic heterocycles. The molecule has 2 rings (SSSR count). The summed E-state index contributed by atoms with van der Waals surface area (Å²) in [6.07, 6.45) is 2.54. The van der Waals surface area contributed by atoms with Crippen LogP contribution in [0.15, 0.2) is 12.1 Å². The van der Waals surface area contributed by atoms with Crippen molar-refractivity contribution in [1.29, 1.82) is 0 Å². The molecule has 2 heterocycles. The van der Waals surface area contributed by atoms with E-state index in [-0.39, 0.29) is 12.5 Å². The Morgan fingerprint density at radius 2 is 2.14 bits per heavy atom. The Hall–Kier alpha value is -1.35. The molecule has 0 aliphatic carbocycles. The molecule has 21 heavy (non-hydrogen) atoms. The highest BCUT2D eigenvalue weighted by molar-refractivity contribution is 7.14. The van der Waals surface area contributed by atoms with Crippen molar-refractivity contribution in [3.05, 3.63) is 21.9 Å². The van der Waals surface area contributed by atoms with E-state index < -0.39 is 0 Å². The second-order valence-electron chi connectivity index (χ2n) is 5.43. The Morgan fingerprint density at radius 1 is 1.43 bits per heavy atom. The number of amides is 1. The molecule has 5 heteroatoms. The lowest BCUT2D eigenvalue weighted by molar-refractivity contribution is 0.0668. The molecule has 1 saturated heterocycles. The van der Waals surface area contributed by atoms with Gasteiger partial charge in [0.05, 0.1) is 16.4 Å². The summed E-state index contributed by atoms with van der Waals surface area (Å²) < 4.78 is 0. The molecule has 4 nitrogen and oxygen atoms in total. The van der Waals surface area contributed by atoms with Crippen LogP contribution < -0.4 is 0 Å². The fourth-order valence-corrected chi connectivity index (χ4v) is 3.32. The Bertz CT molecular complexity index is 534. The van der Waals surface area contributed by atoms with Crippen LogP contribution in [0.4, 0.5) is 0 Å². The first kappa shape index (κ1) is 16.0. The third kappa shape index (κ3) is 4.31. The van der Waals surface area contributed by atoms with E-state index in [1.54, 1.807) is 0 Å². The summed E-state index contributed by atoms with van der Waals surface area (Å²) in [7, 11) is 4.19. The Morgan fingerprint density at radius 3 is 2.76 bits per heavy atom. The van der Waals surface area contributed by atoms with Crippen molar-refractivity contribution in [1.82, 2.24) is 9.80 Å². The molecule has 0 unspecified atom stereocenters. The maximum Gasteiger partial charge on any atom is 0.263 e. The SMILES string of the molecule is CN(C)C1CCN(C(=O)c2ccc(C#CCCO)s2)CC1. The number of nitrogens with zero attached hydrogens (tertiary/aromatic N) is 2. The van der Waals surface area contributed by atoms with Crippen molar-refractivity contribution < 1.29 is 9.90 Å². The van der Waals surface area contributed by atoms with E-state index in [2.05, 4.69) is 30.8 Å². The molecule has 0 aromatic carbocycles. The average molecular weight is 306 g/mol. The minimum Gasteiger partial charge on any atom is -0.395 e. The molecule has 0 bridgehead atoms. The number of likely N-dealkylation sites (tertiary alicyclic amines) is 1. The minimum atomic E-state index is 0.0744. The summed E-state index contributed by atoms with van der Waals surface area (Å²) in [6.45, 7) is 1.72. The van der Waals surface area contributed by atoms with Crippen molar-refractivity contribution in [3.8, 4) is 11.8 Å². The van der Waals surface area contributed by atoms with E-state index in [0.717, 1.165) is 35.7 Å². The fourth-order valence-electron chi connectivity index (χ4n) is 2.47. The van der Waals surface area contributed by atoms with Crippen LogP contribution in [0.2, 0.25) is 0 Å². The zero-order valence-electron chi connectivity index (χ0n) is 12.6. The molecule has 0 saturated carbocycles. The highest BCUT2D eigenvalue weighted by atomic mass is 32.1. The van der Waals surface area contributed by atoms with Gasteiger partial charge in [0.2, 0.25) is 0 Å². The number of carbonyl (C=O) groups is 1. The number of rotatable bonds is 3. The molecule has 1 fully saturated rings. The number of hydrogen-bond acceptors (Lipinski definition) is 4. The van der Waals surface area contributed by atoms with Gasteiger partial charge in [-0.25, -0.2) is 0 Å². The van der Waals surface area contributed by atoms with Crippen LogP contribution in [0.3, 0.4) is 0 Å². The third-order valence-corrected chi connectivity index (χ3v) is 4.74. The fraction of sp³-hybridized carbons (Fsp3) is 0.562. The van der Waals surface area contributed by atoms with E-state index in [4.69, 9.17) is 5.11 Å². The predicted molar refractivity (Wildman–Crippen MR) is 85.5 cm³/mol. The van der Waals surface area contributed by atoms with Gasteiger partial charge in [-0.05, 0) is 39.1 Å². The van der Waals surface area contributed by atoms with Gasteiger partial charge in [0.1, 0.15) is 0 Å². The van der Waals surface area contributed by atoms with Crippen LogP contribution in [-0.4, -0.2) is 60.6 Å². The standard InChI is InChI=1S/C16H22N2O2S/c1-17(2)13-8-10-18(11-9-13)16(20)15-7-6-14(21-15)5-3-4-12-19/h6-7,13,19H,4,8-12H2,1-2H3. The van der Waals surface area contributed by atoms with Crippen molar-refractivity contribution >= 4 is 17.2 Å². The zero-order valence-corrected chi connectivity index (χ0v) is 13.4. The van der Waals surface area contributed by atoms with E-state index in [9.17, 15) is 4.79 Å². The van der Waals surface area contributed by atoms with Crippen LogP contribution in [0, 0.1) is 11.8 Å². The summed E-state index contributed by atoms with van der Waals surface area (Å²) in [5.74, 6) is 5.98. The molecule has 1 aliphatic heterocycles.